The summed E-state index contributed by atoms with van der Waals surface area (Å²) in [6.07, 6.45) is 7.52. The third-order valence-corrected chi connectivity index (χ3v) is 1.52. The Kier molecular flexibility index (Phi) is 1.13. The zero-order valence-corrected chi connectivity index (χ0v) is 5.46. The molecule has 1 aliphatic rings. The first-order valence-electron chi connectivity index (χ1n) is 3.22. The summed E-state index contributed by atoms with van der Waals surface area (Å²) in [5.41, 5.74) is 2.27. The number of rotatable bonds is 0. The first kappa shape index (κ1) is 5.41. The van der Waals surface area contributed by atoms with Gasteiger partial charge in [-0.3, -0.25) is 4.98 Å². The molecule has 0 aliphatic carbocycles. The standard InChI is InChI=1S/C7H7N3/c1-2-8-3-6-4-9-5-10-7(1)6/h1-2,4-5,8H,3H2/p+1. The second-order valence-corrected chi connectivity index (χ2v) is 2.19. The zero-order chi connectivity index (χ0) is 6.81. The smallest absolute Gasteiger partial charge is 0.284 e. The highest BCUT2D eigenvalue weighted by Gasteiger charge is 2.08. The summed E-state index contributed by atoms with van der Waals surface area (Å²) in [6, 6.07) is 0. The van der Waals surface area contributed by atoms with Gasteiger partial charge in [0.05, 0.1) is 11.8 Å². The summed E-state index contributed by atoms with van der Waals surface area (Å²) in [6.45, 7) is 0.871. The van der Waals surface area contributed by atoms with E-state index in [0.717, 1.165) is 12.2 Å². The molecule has 0 bridgehead atoms. The van der Waals surface area contributed by atoms with E-state index in [9.17, 15) is 0 Å². The average Bonchev–Trinajstić information content (AvgIpc) is 2.05. The van der Waals surface area contributed by atoms with E-state index < -0.39 is 0 Å². The van der Waals surface area contributed by atoms with Gasteiger partial charge in [-0.2, -0.15) is 0 Å². The van der Waals surface area contributed by atoms with Crippen LogP contribution in [0.4, 0.5) is 0 Å². The van der Waals surface area contributed by atoms with Gasteiger partial charge in [0.1, 0.15) is 0 Å². The molecule has 2 rings (SSSR count). The van der Waals surface area contributed by atoms with E-state index in [4.69, 9.17) is 0 Å². The lowest BCUT2D eigenvalue weighted by molar-refractivity contribution is -0.383. The average molecular weight is 134 g/mol. The minimum atomic E-state index is 0.871. The molecule has 3 nitrogen and oxygen atoms in total. The Morgan fingerprint density at radius 1 is 1.60 bits per heavy atom. The van der Waals surface area contributed by atoms with E-state index in [2.05, 4.69) is 15.3 Å². The van der Waals surface area contributed by atoms with Crippen molar-refractivity contribution in [1.29, 1.82) is 0 Å². The Morgan fingerprint density at radius 2 is 2.60 bits per heavy atom. The Balaban J connectivity index is 2.54. The van der Waals surface area contributed by atoms with Gasteiger partial charge < -0.3 is 5.32 Å². The molecule has 1 aliphatic heterocycles. The van der Waals surface area contributed by atoms with E-state index in [1.54, 1.807) is 6.33 Å². The third kappa shape index (κ3) is 0.757. The zero-order valence-electron chi connectivity index (χ0n) is 5.46. The molecular formula is C7H8N3+. The van der Waals surface area contributed by atoms with Gasteiger partial charge in [-0.25, -0.2) is 0 Å². The molecule has 0 saturated heterocycles. The Hall–Kier alpha value is -1.38. The van der Waals surface area contributed by atoms with Crippen molar-refractivity contribution in [2.75, 3.05) is 0 Å². The van der Waals surface area contributed by atoms with Crippen LogP contribution in [0.2, 0.25) is 0 Å². The van der Waals surface area contributed by atoms with Crippen molar-refractivity contribution in [3.8, 4) is 0 Å². The lowest BCUT2D eigenvalue weighted by Crippen LogP contribution is -2.15. The normalized spacial score (nSPS) is 14.0. The number of H-pyrrole nitrogens is 1. The van der Waals surface area contributed by atoms with Crippen LogP contribution in [-0.4, -0.2) is 4.98 Å². The highest BCUT2D eigenvalue weighted by Crippen LogP contribution is 2.06. The maximum atomic E-state index is 4.14. The number of aromatic nitrogens is 2. The van der Waals surface area contributed by atoms with Crippen molar-refractivity contribution in [2.45, 2.75) is 6.54 Å². The molecule has 0 fully saturated rings. The van der Waals surface area contributed by atoms with E-state index in [1.807, 2.05) is 18.5 Å². The SMILES string of the molecule is C1=Cc2nc[nH+]cc2CN1. The summed E-state index contributed by atoms with van der Waals surface area (Å²) in [7, 11) is 0. The summed E-state index contributed by atoms with van der Waals surface area (Å²) in [4.78, 5) is 7.07. The van der Waals surface area contributed by atoms with Crippen LogP contribution < -0.4 is 10.3 Å². The predicted octanol–water partition coefficient (Wildman–Crippen LogP) is -0.0304. The molecule has 0 atom stereocenters. The van der Waals surface area contributed by atoms with Crippen molar-refractivity contribution >= 4 is 6.08 Å². The van der Waals surface area contributed by atoms with Gasteiger partial charge in [0, 0.05) is 18.8 Å². The van der Waals surface area contributed by atoms with Crippen LogP contribution in [0, 0.1) is 0 Å². The van der Waals surface area contributed by atoms with Gasteiger partial charge in [0.2, 0.25) is 0 Å². The van der Waals surface area contributed by atoms with Crippen molar-refractivity contribution in [3.63, 3.8) is 0 Å². The molecule has 0 aromatic carbocycles. The van der Waals surface area contributed by atoms with Gasteiger partial charge in [-0.15, -0.1) is 0 Å². The van der Waals surface area contributed by atoms with Crippen LogP contribution in [0.15, 0.2) is 18.7 Å². The molecule has 2 heterocycles. The highest BCUT2D eigenvalue weighted by molar-refractivity contribution is 5.49. The topological polar surface area (TPSA) is 39.1 Å². The van der Waals surface area contributed by atoms with Crippen molar-refractivity contribution < 1.29 is 4.98 Å². The fourth-order valence-electron chi connectivity index (χ4n) is 1.000. The molecule has 0 amide bonds. The maximum absolute atomic E-state index is 4.14. The van der Waals surface area contributed by atoms with Gasteiger partial charge in [0.15, 0.2) is 5.69 Å². The number of fused-ring (bicyclic) bond motifs is 1. The molecule has 0 radical (unpaired) electrons. The Bertz CT molecular complexity index is 267. The van der Waals surface area contributed by atoms with Gasteiger partial charge in [-0.1, -0.05) is 0 Å². The number of hydrogen-bond donors (Lipinski definition) is 1. The fraction of sp³-hybridized carbons (Fsp3) is 0.143. The van der Waals surface area contributed by atoms with Crippen molar-refractivity contribution in [1.82, 2.24) is 10.3 Å². The van der Waals surface area contributed by atoms with E-state index >= 15 is 0 Å². The number of hydrogen-bond acceptors (Lipinski definition) is 2. The van der Waals surface area contributed by atoms with Crippen molar-refractivity contribution in [2.24, 2.45) is 0 Å². The first-order chi connectivity index (χ1) is 4.97. The molecule has 1 aromatic heterocycles. The van der Waals surface area contributed by atoms with Crippen LogP contribution in [0.25, 0.3) is 6.08 Å². The summed E-state index contributed by atoms with van der Waals surface area (Å²) < 4.78 is 0. The second kappa shape index (κ2) is 2.10. The number of nitrogens with zero attached hydrogens (tertiary/aromatic N) is 1. The molecule has 1 aromatic rings. The quantitative estimate of drug-likeness (QED) is 0.541. The molecule has 3 heteroatoms. The maximum Gasteiger partial charge on any atom is 0.284 e. The molecular weight excluding hydrogens is 126 g/mol. The molecule has 10 heavy (non-hydrogen) atoms. The van der Waals surface area contributed by atoms with Crippen LogP contribution in [-0.2, 0) is 6.54 Å². The van der Waals surface area contributed by atoms with Crippen LogP contribution in [0.3, 0.4) is 0 Å². The first-order valence-corrected chi connectivity index (χ1v) is 3.22. The summed E-state index contributed by atoms with van der Waals surface area (Å²) >= 11 is 0. The lowest BCUT2D eigenvalue weighted by Gasteiger charge is -2.04. The predicted molar refractivity (Wildman–Crippen MR) is 36.7 cm³/mol. The van der Waals surface area contributed by atoms with Crippen LogP contribution in [0.5, 0.6) is 0 Å². The molecule has 0 saturated carbocycles. The molecule has 0 spiro atoms. The van der Waals surface area contributed by atoms with E-state index in [0.29, 0.717) is 0 Å². The number of nitrogens with one attached hydrogen (secondary N) is 2. The van der Waals surface area contributed by atoms with Gasteiger partial charge in [0.25, 0.3) is 6.33 Å². The Labute approximate surface area is 58.8 Å². The fourth-order valence-corrected chi connectivity index (χ4v) is 1.000. The van der Waals surface area contributed by atoms with Gasteiger partial charge >= 0.3 is 0 Å². The minimum Gasteiger partial charge on any atom is -0.386 e. The summed E-state index contributed by atoms with van der Waals surface area (Å²) in [5, 5.41) is 3.10. The van der Waals surface area contributed by atoms with Crippen LogP contribution >= 0.6 is 0 Å². The Morgan fingerprint density at radius 3 is 3.50 bits per heavy atom. The molecule has 0 unspecified atom stereocenters. The van der Waals surface area contributed by atoms with Crippen LogP contribution in [0.1, 0.15) is 11.3 Å². The largest absolute Gasteiger partial charge is 0.386 e. The van der Waals surface area contributed by atoms with Crippen molar-refractivity contribution in [3.05, 3.63) is 30.0 Å². The number of aromatic amines is 1. The summed E-state index contributed by atoms with van der Waals surface area (Å²) in [5.74, 6) is 0. The third-order valence-electron chi connectivity index (χ3n) is 1.52. The monoisotopic (exact) mass is 134 g/mol. The van der Waals surface area contributed by atoms with Gasteiger partial charge in [-0.05, 0) is 4.98 Å². The van der Waals surface area contributed by atoms with E-state index in [1.165, 1.54) is 5.56 Å². The molecule has 50 valence electrons. The highest BCUT2D eigenvalue weighted by atomic mass is 14.9. The second-order valence-electron chi connectivity index (χ2n) is 2.19. The molecule has 2 N–H and O–H groups in total. The minimum absolute atomic E-state index is 0.871. The lowest BCUT2D eigenvalue weighted by atomic mass is 10.2. The van der Waals surface area contributed by atoms with E-state index in [-0.39, 0.29) is 0 Å².